The van der Waals surface area contributed by atoms with Crippen molar-refractivity contribution in [2.24, 2.45) is 0 Å². The minimum Gasteiger partial charge on any atom is -0.335 e. The number of rotatable bonds is 6. The van der Waals surface area contributed by atoms with E-state index in [1.807, 2.05) is 18.2 Å². The van der Waals surface area contributed by atoms with Crippen LogP contribution in [0.25, 0.3) is 50.4 Å². The molecule has 4 aromatic heterocycles. The lowest BCUT2D eigenvalue weighted by atomic mass is 10.1. The van der Waals surface area contributed by atoms with Gasteiger partial charge in [-0.25, -0.2) is 19.3 Å². The second-order valence-corrected chi connectivity index (χ2v) is 9.17. The van der Waals surface area contributed by atoms with E-state index < -0.39 is 0 Å². The Balaban J connectivity index is 1.42. The van der Waals surface area contributed by atoms with E-state index in [0.717, 1.165) is 58.5 Å². The van der Waals surface area contributed by atoms with Crippen LogP contribution >= 0.6 is 0 Å². The van der Waals surface area contributed by atoms with Gasteiger partial charge in [0.05, 0.1) is 16.7 Å². The van der Waals surface area contributed by atoms with Crippen LogP contribution in [0.5, 0.6) is 0 Å². The van der Waals surface area contributed by atoms with Crippen LogP contribution in [0.1, 0.15) is 26.0 Å². The number of benzene rings is 1. The van der Waals surface area contributed by atoms with E-state index in [1.54, 1.807) is 18.3 Å². The van der Waals surface area contributed by atoms with Crippen molar-refractivity contribution in [3.63, 3.8) is 0 Å². The Hall–Kier alpha value is -4.43. The highest BCUT2D eigenvalue weighted by molar-refractivity contribution is 5.95. The molecule has 3 N–H and O–H groups in total. The Bertz CT molecular complexity index is 1700. The monoisotopic (exact) mass is 491 g/mol. The van der Waals surface area contributed by atoms with Gasteiger partial charge >= 0.3 is 0 Å². The smallest absolute Gasteiger partial charge is 0.178 e. The number of hydrogen-bond acceptors (Lipinski definition) is 5. The molecular weight excluding hydrogens is 465 g/mol. The molecule has 37 heavy (non-hydrogen) atoms. The van der Waals surface area contributed by atoms with Crippen molar-refractivity contribution in [2.75, 3.05) is 13.1 Å². The molecule has 5 aromatic rings. The predicted octanol–water partition coefficient (Wildman–Crippen LogP) is 5.97. The van der Waals surface area contributed by atoms with E-state index in [4.69, 9.17) is 9.97 Å². The molecule has 0 saturated heterocycles. The fourth-order valence-corrected chi connectivity index (χ4v) is 4.61. The summed E-state index contributed by atoms with van der Waals surface area (Å²) in [6.07, 6.45) is 9.25. The third-order valence-corrected chi connectivity index (χ3v) is 6.47. The summed E-state index contributed by atoms with van der Waals surface area (Å²) in [6, 6.07) is 12.3. The van der Waals surface area contributed by atoms with Gasteiger partial charge in [-0.3, -0.25) is 5.10 Å². The molecule has 6 rings (SSSR count). The van der Waals surface area contributed by atoms with Gasteiger partial charge in [0, 0.05) is 18.3 Å². The number of H-pyrrole nitrogens is 2. The minimum atomic E-state index is -0.275. The molecule has 0 saturated carbocycles. The van der Waals surface area contributed by atoms with Gasteiger partial charge in [0.25, 0.3) is 0 Å². The number of imidazole rings is 1. The molecule has 0 spiro atoms. The van der Waals surface area contributed by atoms with Crippen molar-refractivity contribution in [2.45, 2.75) is 20.3 Å². The van der Waals surface area contributed by atoms with Gasteiger partial charge in [0.2, 0.25) is 0 Å². The van der Waals surface area contributed by atoms with Crippen LogP contribution in [0.4, 0.5) is 4.39 Å². The van der Waals surface area contributed by atoms with E-state index in [9.17, 15) is 4.39 Å². The largest absolute Gasteiger partial charge is 0.335 e. The molecule has 184 valence electrons. The lowest BCUT2D eigenvalue weighted by Gasteiger charge is -2.06. The SMILES string of the molecule is CCNCC1=CC(c2ccc3[nH]nc(-c4nc5nccc(-c6ccc(F)cc6)c5[nH]4)c3n2)=CCC(C)=C1. The summed E-state index contributed by atoms with van der Waals surface area (Å²) in [5.74, 6) is 0.297. The van der Waals surface area contributed by atoms with Crippen LogP contribution in [0.2, 0.25) is 0 Å². The van der Waals surface area contributed by atoms with E-state index in [-0.39, 0.29) is 5.82 Å². The number of pyridine rings is 2. The van der Waals surface area contributed by atoms with Crippen molar-refractivity contribution < 1.29 is 4.39 Å². The maximum absolute atomic E-state index is 13.5. The van der Waals surface area contributed by atoms with Gasteiger partial charge in [-0.1, -0.05) is 36.8 Å². The van der Waals surface area contributed by atoms with Crippen molar-refractivity contribution >= 4 is 27.8 Å². The van der Waals surface area contributed by atoms with Gasteiger partial charge in [-0.2, -0.15) is 5.10 Å². The van der Waals surface area contributed by atoms with E-state index in [1.165, 1.54) is 23.3 Å². The van der Waals surface area contributed by atoms with Crippen LogP contribution in [0.3, 0.4) is 0 Å². The van der Waals surface area contributed by atoms with Gasteiger partial charge in [0.1, 0.15) is 11.3 Å². The summed E-state index contributed by atoms with van der Waals surface area (Å²) in [5, 5.41) is 11.0. The van der Waals surface area contributed by atoms with Crippen LogP contribution in [0, 0.1) is 5.82 Å². The molecule has 0 amide bonds. The second kappa shape index (κ2) is 9.55. The van der Waals surface area contributed by atoms with Crippen LogP contribution in [0.15, 0.2) is 78.0 Å². The van der Waals surface area contributed by atoms with E-state index in [2.05, 4.69) is 57.6 Å². The van der Waals surface area contributed by atoms with Gasteiger partial charge in [0.15, 0.2) is 17.2 Å². The van der Waals surface area contributed by atoms with Gasteiger partial charge in [-0.05, 0) is 73.0 Å². The van der Waals surface area contributed by atoms with Crippen molar-refractivity contribution in [1.29, 1.82) is 0 Å². The Kier molecular flexibility index (Phi) is 5.94. The molecule has 1 aliphatic rings. The Morgan fingerprint density at radius 3 is 2.73 bits per heavy atom. The molecule has 7 nitrogen and oxygen atoms in total. The zero-order valence-electron chi connectivity index (χ0n) is 20.6. The first-order valence-corrected chi connectivity index (χ1v) is 12.3. The number of hydrogen-bond donors (Lipinski definition) is 3. The summed E-state index contributed by atoms with van der Waals surface area (Å²) in [4.78, 5) is 17.5. The molecule has 0 radical (unpaired) electrons. The van der Waals surface area contributed by atoms with Crippen molar-refractivity contribution in [3.05, 3.63) is 89.5 Å². The highest BCUT2D eigenvalue weighted by Gasteiger charge is 2.18. The van der Waals surface area contributed by atoms with Crippen molar-refractivity contribution in [3.8, 4) is 22.6 Å². The molecule has 1 aromatic carbocycles. The summed E-state index contributed by atoms with van der Waals surface area (Å²) in [6.45, 7) is 5.99. The number of aromatic amines is 2. The van der Waals surface area contributed by atoms with Crippen molar-refractivity contribution in [1.82, 2.24) is 35.5 Å². The zero-order valence-corrected chi connectivity index (χ0v) is 20.6. The topological polar surface area (TPSA) is 95.2 Å². The summed E-state index contributed by atoms with van der Waals surface area (Å²) >= 11 is 0. The molecule has 0 bridgehead atoms. The highest BCUT2D eigenvalue weighted by atomic mass is 19.1. The van der Waals surface area contributed by atoms with Crippen LogP contribution in [-0.4, -0.2) is 43.2 Å². The average Bonchev–Trinajstić information content (AvgIpc) is 3.48. The first-order valence-electron chi connectivity index (χ1n) is 12.3. The fourth-order valence-electron chi connectivity index (χ4n) is 4.61. The third-order valence-electron chi connectivity index (χ3n) is 6.47. The predicted molar refractivity (Wildman–Crippen MR) is 145 cm³/mol. The molecular formula is C29H26FN7. The number of aromatic nitrogens is 6. The second-order valence-electron chi connectivity index (χ2n) is 9.17. The standard InChI is InChI=1S/C29H26FN7/c1-3-31-16-18-14-17(2)4-5-20(15-18)23-10-11-24-26(33-23)27(37-36-24)29-34-25-22(12-13-32-28(25)35-29)19-6-8-21(30)9-7-19/h5-15,31H,3-4,16H2,1-2H3,(H,36,37)(H,32,34,35). The molecule has 8 heteroatoms. The first kappa shape index (κ1) is 23.0. The van der Waals surface area contributed by atoms with Gasteiger partial charge in [-0.15, -0.1) is 0 Å². The molecule has 0 aliphatic heterocycles. The molecule has 1 aliphatic carbocycles. The Morgan fingerprint density at radius 2 is 1.89 bits per heavy atom. The van der Waals surface area contributed by atoms with Crippen LogP contribution in [-0.2, 0) is 0 Å². The van der Waals surface area contributed by atoms with E-state index in [0.29, 0.717) is 17.2 Å². The van der Waals surface area contributed by atoms with Gasteiger partial charge < -0.3 is 10.3 Å². The Labute approximate surface area is 213 Å². The zero-order chi connectivity index (χ0) is 25.4. The van der Waals surface area contributed by atoms with E-state index >= 15 is 0 Å². The summed E-state index contributed by atoms with van der Waals surface area (Å²) in [5.41, 5.74) is 9.79. The minimum absolute atomic E-state index is 0.275. The highest BCUT2D eigenvalue weighted by Crippen LogP contribution is 2.31. The lowest BCUT2D eigenvalue weighted by molar-refractivity contribution is 0.628. The fraction of sp³-hybridized carbons (Fsp3) is 0.172. The average molecular weight is 492 g/mol. The maximum Gasteiger partial charge on any atom is 0.178 e. The lowest BCUT2D eigenvalue weighted by Crippen LogP contribution is -2.15. The molecule has 0 fully saturated rings. The normalized spacial score (nSPS) is 14.0. The Morgan fingerprint density at radius 1 is 1.03 bits per heavy atom. The third kappa shape index (κ3) is 4.47. The molecule has 0 unspecified atom stereocenters. The maximum atomic E-state index is 13.5. The molecule has 4 heterocycles. The number of likely N-dealkylation sites (N-methyl/N-ethyl adjacent to an activating group) is 1. The first-order chi connectivity index (χ1) is 18.1. The quantitative estimate of drug-likeness (QED) is 0.272. The number of fused-ring (bicyclic) bond motifs is 2. The number of halogens is 1. The summed E-state index contributed by atoms with van der Waals surface area (Å²) in [7, 11) is 0. The van der Waals surface area contributed by atoms with Crippen LogP contribution < -0.4 is 5.32 Å². The number of nitrogens with one attached hydrogen (secondary N) is 3. The molecule has 0 atom stereocenters. The summed E-state index contributed by atoms with van der Waals surface area (Å²) < 4.78 is 13.5. The number of allylic oxidation sites excluding steroid dienone is 4. The number of nitrogens with zero attached hydrogens (tertiary/aromatic N) is 4.